The number of aromatic nitrogens is 2. The van der Waals surface area contributed by atoms with E-state index in [9.17, 15) is 13.2 Å². The number of sulfonamides is 1. The Labute approximate surface area is 178 Å². The first-order valence-corrected chi connectivity index (χ1v) is 11.8. The molecule has 0 spiro atoms. The Morgan fingerprint density at radius 2 is 1.97 bits per heavy atom. The van der Waals surface area contributed by atoms with Crippen LogP contribution in [0.15, 0.2) is 33.7 Å². The van der Waals surface area contributed by atoms with E-state index in [1.807, 2.05) is 20.8 Å². The van der Waals surface area contributed by atoms with Crippen molar-refractivity contribution in [2.24, 2.45) is 5.92 Å². The Hall–Kier alpha value is -2.26. The van der Waals surface area contributed by atoms with Gasteiger partial charge in [0.05, 0.1) is 10.8 Å². The fourth-order valence-corrected chi connectivity index (χ4v) is 4.92. The number of benzene rings is 1. The van der Waals surface area contributed by atoms with Crippen LogP contribution < -0.4 is 4.72 Å². The van der Waals surface area contributed by atoms with Gasteiger partial charge in [-0.15, -0.1) is 0 Å². The van der Waals surface area contributed by atoms with Crippen LogP contribution in [0.25, 0.3) is 0 Å². The van der Waals surface area contributed by atoms with Gasteiger partial charge in [0, 0.05) is 13.1 Å². The average molecular weight is 435 g/mol. The molecule has 30 heavy (non-hydrogen) atoms. The molecule has 1 N–H and O–H groups in total. The molecule has 164 valence electrons. The third kappa shape index (κ3) is 5.46. The highest BCUT2D eigenvalue weighted by Crippen LogP contribution is 2.27. The summed E-state index contributed by atoms with van der Waals surface area (Å²) in [5.74, 6) is 1.01. The van der Waals surface area contributed by atoms with Crippen molar-refractivity contribution in [3.05, 3.63) is 41.5 Å². The van der Waals surface area contributed by atoms with Gasteiger partial charge in [0.15, 0.2) is 5.82 Å². The first kappa shape index (κ1) is 22.4. The van der Waals surface area contributed by atoms with Gasteiger partial charge in [0.2, 0.25) is 21.8 Å². The Morgan fingerprint density at radius 3 is 2.57 bits per heavy atom. The maximum atomic E-state index is 13.3. The molecule has 1 aromatic heterocycles. The quantitative estimate of drug-likeness (QED) is 0.718. The number of amides is 1. The van der Waals surface area contributed by atoms with Crippen LogP contribution >= 0.6 is 0 Å². The van der Waals surface area contributed by atoms with E-state index in [1.165, 1.54) is 0 Å². The lowest BCUT2D eigenvalue weighted by atomic mass is 9.96. The summed E-state index contributed by atoms with van der Waals surface area (Å²) in [5.41, 5.74) is 0.972. The molecular formula is C21H30N4O4S. The highest BCUT2D eigenvalue weighted by molar-refractivity contribution is 7.89. The molecule has 1 aliphatic rings. The monoisotopic (exact) mass is 434 g/mol. The third-order valence-corrected chi connectivity index (χ3v) is 6.75. The molecule has 0 radical (unpaired) electrons. The molecule has 2 heterocycles. The number of hydrogen-bond acceptors (Lipinski definition) is 6. The fraction of sp³-hybridized carbons (Fsp3) is 0.571. The van der Waals surface area contributed by atoms with Crippen LogP contribution in [-0.2, 0) is 14.8 Å². The van der Waals surface area contributed by atoms with Gasteiger partial charge in [0.25, 0.3) is 0 Å². The Balaban J connectivity index is 1.77. The maximum Gasteiger partial charge on any atom is 0.241 e. The smallest absolute Gasteiger partial charge is 0.241 e. The lowest BCUT2D eigenvalue weighted by molar-refractivity contribution is -0.134. The summed E-state index contributed by atoms with van der Waals surface area (Å²) in [7, 11) is -3.81. The number of nitrogens with one attached hydrogen (secondary N) is 1. The van der Waals surface area contributed by atoms with Crippen LogP contribution in [0.5, 0.6) is 0 Å². The Bertz CT molecular complexity index is 969. The average Bonchev–Trinajstić information content (AvgIpc) is 3.13. The molecule has 8 nitrogen and oxygen atoms in total. The molecule has 0 aliphatic carbocycles. The SMILES string of the molecule is Cc1ccc(S(=O)(=O)N[C@@H](CC(C)C)C(=O)N2CCC[C@@H](c3nc(C)no3)C2)cc1. The van der Waals surface area contributed by atoms with E-state index in [1.54, 1.807) is 36.1 Å². The lowest BCUT2D eigenvalue weighted by Gasteiger charge is -2.34. The molecule has 3 rings (SSSR count). The maximum absolute atomic E-state index is 13.3. The van der Waals surface area contributed by atoms with Gasteiger partial charge in [-0.25, -0.2) is 8.42 Å². The molecule has 0 bridgehead atoms. The second kappa shape index (κ2) is 9.26. The largest absolute Gasteiger partial charge is 0.341 e. The molecule has 1 amide bonds. The number of rotatable bonds is 7. The van der Waals surface area contributed by atoms with Gasteiger partial charge >= 0.3 is 0 Å². The predicted molar refractivity (Wildman–Crippen MR) is 112 cm³/mol. The van der Waals surface area contributed by atoms with Gasteiger partial charge in [-0.3, -0.25) is 4.79 Å². The van der Waals surface area contributed by atoms with Gasteiger partial charge < -0.3 is 9.42 Å². The third-order valence-electron chi connectivity index (χ3n) is 5.26. The first-order valence-electron chi connectivity index (χ1n) is 10.3. The van der Waals surface area contributed by atoms with Crippen LogP contribution in [-0.4, -0.2) is 48.5 Å². The van der Waals surface area contributed by atoms with Crippen LogP contribution in [0.2, 0.25) is 0 Å². The van der Waals surface area contributed by atoms with Crippen LogP contribution in [0.3, 0.4) is 0 Å². The number of aryl methyl sites for hydroxylation is 2. The van der Waals surface area contributed by atoms with Crippen molar-refractivity contribution in [3.8, 4) is 0 Å². The molecule has 1 saturated heterocycles. The molecule has 0 unspecified atom stereocenters. The summed E-state index contributed by atoms with van der Waals surface area (Å²) in [4.78, 5) is 19.5. The number of carbonyl (C=O) groups is 1. The highest BCUT2D eigenvalue weighted by Gasteiger charge is 2.34. The van der Waals surface area contributed by atoms with E-state index < -0.39 is 16.1 Å². The molecule has 2 atom stereocenters. The number of hydrogen-bond donors (Lipinski definition) is 1. The van der Waals surface area contributed by atoms with Crippen molar-refractivity contribution in [2.75, 3.05) is 13.1 Å². The number of carbonyl (C=O) groups excluding carboxylic acids is 1. The zero-order chi connectivity index (χ0) is 21.9. The second-order valence-electron chi connectivity index (χ2n) is 8.42. The summed E-state index contributed by atoms with van der Waals surface area (Å²) in [6.45, 7) is 8.63. The van der Waals surface area contributed by atoms with E-state index in [-0.39, 0.29) is 22.6 Å². The van der Waals surface area contributed by atoms with E-state index in [0.717, 1.165) is 18.4 Å². The van der Waals surface area contributed by atoms with Crippen molar-refractivity contribution in [2.45, 2.75) is 63.8 Å². The van der Waals surface area contributed by atoms with E-state index in [4.69, 9.17) is 4.52 Å². The van der Waals surface area contributed by atoms with Gasteiger partial charge in [0.1, 0.15) is 6.04 Å². The molecule has 1 aromatic carbocycles. The first-order chi connectivity index (χ1) is 14.2. The molecular weight excluding hydrogens is 404 g/mol. The highest BCUT2D eigenvalue weighted by atomic mass is 32.2. The minimum absolute atomic E-state index is 0.0303. The standard InChI is InChI=1S/C21H30N4O4S/c1-14(2)12-19(24-30(27,28)18-9-7-15(3)8-10-18)21(26)25-11-5-6-17(13-25)20-22-16(4)23-29-20/h7-10,14,17,19,24H,5-6,11-13H2,1-4H3/t17-,19+/m1/s1. The van der Waals surface area contributed by atoms with Crippen molar-refractivity contribution in [1.82, 2.24) is 19.8 Å². The van der Waals surface area contributed by atoms with E-state index in [2.05, 4.69) is 14.9 Å². The number of piperidine rings is 1. The minimum atomic E-state index is -3.81. The number of likely N-dealkylation sites (tertiary alicyclic amines) is 1. The molecule has 1 aliphatic heterocycles. The molecule has 1 fully saturated rings. The topological polar surface area (TPSA) is 105 Å². The van der Waals surface area contributed by atoms with Gasteiger partial charge in [-0.2, -0.15) is 9.71 Å². The van der Waals surface area contributed by atoms with Crippen molar-refractivity contribution >= 4 is 15.9 Å². The fourth-order valence-electron chi connectivity index (χ4n) is 3.72. The molecule has 2 aromatic rings. The van der Waals surface area contributed by atoms with Gasteiger partial charge in [-0.1, -0.05) is 36.7 Å². The summed E-state index contributed by atoms with van der Waals surface area (Å²) in [6, 6.07) is 5.79. The summed E-state index contributed by atoms with van der Waals surface area (Å²) in [5, 5.41) is 3.84. The van der Waals surface area contributed by atoms with Crippen LogP contribution in [0.1, 0.15) is 56.3 Å². The Kier molecular flexibility index (Phi) is 6.92. The number of nitrogens with zero attached hydrogens (tertiary/aromatic N) is 3. The predicted octanol–water partition coefficient (Wildman–Crippen LogP) is 2.79. The van der Waals surface area contributed by atoms with Crippen molar-refractivity contribution < 1.29 is 17.7 Å². The van der Waals surface area contributed by atoms with Crippen LogP contribution in [0.4, 0.5) is 0 Å². The molecule has 0 saturated carbocycles. The summed E-state index contributed by atoms with van der Waals surface area (Å²) < 4.78 is 33.7. The lowest BCUT2D eigenvalue weighted by Crippen LogP contribution is -2.51. The van der Waals surface area contributed by atoms with E-state index in [0.29, 0.717) is 31.2 Å². The van der Waals surface area contributed by atoms with Crippen LogP contribution in [0, 0.1) is 19.8 Å². The van der Waals surface area contributed by atoms with E-state index >= 15 is 0 Å². The summed E-state index contributed by atoms with van der Waals surface area (Å²) in [6.07, 6.45) is 2.08. The zero-order valence-corrected chi connectivity index (χ0v) is 18.8. The van der Waals surface area contributed by atoms with Crippen molar-refractivity contribution in [3.63, 3.8) is 0 Å². The van der Waals surface area contributed by atoms with Crippen molar-refractivity contribution in [1.29, 1.82) is 0 Å². The Morgan fingerprint density at radius 1 is 1.27 bits per heavy atom. The minimum Gasteiger partial charge on any atom is -0.341 e. The summed E-state index contributed by atoms with van der Waals surface area (Å²) >= 11 is 0. The van der Waals surface area contributed by atoms with Gasteiger partial charge in [-0.05, 0) is 51.2 Å². The second-order valence-corrected chi connectivity index (χ2v) is 10.1. The zero-order valence-electron chi connectivity index (χ0n) is 18.0. The normalized spacial score (nSPS) is 18.6. The molecule has 9 heteroatoms.